The Labute approximate surface area is 143 Å². The number of rotatable bonds is 6. The molecule has 1 aromatic rings. The van der Waals surface area contributed by atoms with Crippen LogP contribution in [0.1, 0.15) is 50.7 Å². The summed E-state index contributed by atoms with van der Waals surface area (Å²) in [6.07, 6.45) is 3.84. The number of hydrogen-bond acceptors (Lipinski definition) is 3. The highest BCUT2D eigenvalue weighted by Gasteiger charge is 2.26. The van der Waals surface area contributed by atoms with Crippen molar-refractivity contribution in [1.29, 1.82) is 5.26 Å². The van der Waals surface area contributed by atoms with Crippen LogP contribution in [0.4, 0.5) is 4.39 Å². The summed E-state index contributed by atoms with van der Waals surface area (Å²) in [5, 5.41) is 12.0. The minimum absolute atomic E-state index is 0.0414. The number of likely N-dealkylation sites (tertiary alicyclic amines) is 1. The highest BCUT2D eigenvalue weighted by Crippen LogP contribution is 2.21. The van der Waals surface area contributed by atoms with Crippen LogP contribution in [0.5, 0.6) is 0 Å². The molecule has 1 aliphatic heterocycles. The number of carbonyl (C=O) groups is 1. The maximum Gasteiger partial charge on any atom is 0.224 e. The van der Waals surface area contributed by atoms with Crippen molar-refractivity contribution in [2.24, 2.45) is 5.92 Å². The quantitative estimate of drug-likeness (QED) is 0.871. The average Bonchev–Trinajstić information content (AvgIpc) is 2.57. The molecule has 24 heavy (non-hydrogen) atoms. The van der Waals surface area contributed by atoms with E-state index in [2.05, 4.69) is 17.1 Å². The lowest BCUT2D eigenvalue weighted by atomic mass is 9.96. The summed E-state index contributed by atoms with van der Waals surface area (Å²) in [6, 6.07) is 6.67. The topological polar surface area (TPSA) is 56.1 Å². The van der Waals surface area contributed by atoms with Gasteiger partial charge in [-0.3, -0.25) is 9.69 Å². The third-order valence-electron chi connectivity index (χ3n) is 4.56. The van der Waals surface area contributed by atoms with E-state index in [4.69, 9.17) is 5.26 Å². The smallest absolute Gasteiger partial charge is 0.224 e. The van der Waals surface area contributed by atoms with E-state index in [1.807, 2.05) is 13.0 Å². The first-order chi connectivity index (χ1) is 11.5. The zero-order valence-electron chi connectivity index (χ0n) is 14.5. The van der Waals surface area contributed by atoms with E-state index in [1.54, 1.807) is 6.07 Å². The summed E-state index contributed by atoms with van der Waals surface area (Å²) in [7, 11) is 0. The lowest BCUT2D eigenvalue weighted by Gasteiger charge is -2.32. The van der Waals surface area contributed by atoms with Crippen molar-refractivity contribution in [1.82, 2.24) is 10.2 Å². The van der Waals surface area contributed by atoms with Crippen LogP contribution < -0.4 is 5.32 Å². The second-order valence-corrected chi connectivity index (χ2v) is 6.69. The highest BCUT2D eigenvalue weighted by molar-refractivity contribution is 5.79. The van der Waals surface area contributed by atoms with Crippen molar-refractivity contribution in [2.75, 3.05) is 13.1 Å². The van der Waals surface area contributed by atoms with E-state index >= 15 is 0 Å². The molecule has 0 bridgehead atoms. The van der Waals surface area contributed by atoms with Crippen molar-refractivity contribution in [3.8, 4) is 6.07 Å². The number of hydrogen-bond donors (Lipinski definition) is 1. The van der Waals surface area contributed by atoms with Gasteiger partial charge in [0.05, 0.1) is 17.6 Å². The maximum atomic E-state index is 14.0. The van der Waals surface area contributed by atoms with Gasteiger partial charge in [-0.1, -0.05) is 13.3 Å². The molecule has 1 amide bonds. The summed E-state index contributed by atoms with van der Waals surface area (Å²) < 4.78 is 14.0. The Balaban J connectivity index is 1.96. The van der Waals surface area contributed by atoms with Crippen LogP contribution in [0.3, 0.4) is 0 Å². The van der Waals surface area contributed by atoms with Crippen LogP contribution in [-0.2, 0) is 11.3 Å². The van der Waals surface area contributed by atoms with E-state index in [-0.39, 0.29) is 23.7 Å². The van der Waals surface area contributed by atoms with Crippen molar-refractivity contribution in [2.45, 2.75) is 52.1 Å². The largest absolute Gasteiger partial charge is 0.353 e. The van der Waals surface area contributed by atoms with Gasteiger partial charge in [-0.2, -0.15) is 5.26 Å². The molecule has 0 saturated carbocycles. The molecule has 1 heterocycles. The van der Waals surface area contributed by atoms with Crippen LogP contribution in [0.2, 0.25) is 0 Å². The zero-order chi connectivity index (χ0) is 17.5. The third-order valence-corrected chi connectivity index (χ3v) is 4.56. The van der Waals surface area contributed by atoms with Crippen molar-refractivity contribution >= 4 is 5.91 Å². The van der Waals surface area contributed by atoms with Crippen LogP contribution in [0.15, 0.2) is 18.2 Å². The molecule has 0 radical (unpaired) electrons. The molecule has 1 N–H and O–H groups in total. The van der Waals surface area contributed by atoms with Gasteiger partial charge in [0.25, 0.3) is 0 Å². The van der Waals surface area contributed by atoms with Crippen LogP contribution in [0.25, 0.3) is 0 Å². The fraction of sp³-hybridized carbons (Fsp3) is 0.579. The molecule has 0 aliphatic carbocycles. The molecular weight excluding hydrogens is 305 g/mol. The van der Waals surface area contributed by atoms with Gasteiger partial charge in [-0.25, -0.2) is 4.39 Å². The van der Waals surface area contributed by atoms with Crippen molar-refractivity contribution in [3.05, 3.63) is 35.1 Å². The molecule has 2 rings (SSSR count). The lowest BCUT2D eigenvalue weighted by molar-refractivity contribution is -0.127. The van der Waals surface area contributed by atoms with Crippen LogP contribution >= 0.6 is 0 Å². The molecule has 0 unspecified atom stereocenters. The number of amides is 1. The molecule has 1 aromatic carbocycles. The minimum atomic E-state index is -0.294. The first-order valence-corrected chi connectivity index (χ1v) is 8.74. The molecule has 4 nitrogen and oxygen atoms in total. The third kappa shape index (κ3) is 5.04. The summed E-state index contributed by atoms with van der Waals surface area (Å²) in [6.45, 7) is 6.07. The van der Waals surface area contributed by atoms with Gasteiger partial charge >= 0.3 is 0 Å². The second kappa shape index (κ2) is 8.79. The van der Waals surface area contributed by atoms with Gasteiger partial charge in [-0.15, -0.1) is 0 Å². The zero-order valence-corrected chi connectivity index (χ0v) is 14.5. The van der Waals surface area contributed by atoms with E-state index in [1.165, 1.54) is 12.1 Å². The highest BCUT2D eigenvalue weighted by atomic mass is 19.1. The van der Waals surface area contributed by atoms with E-state index < -0.39 is 0 Å². The Morgan fingerprint density at radius 3 is 3.04 bits per heavy atom. The second-order valence-electron chi connectivity index (χ2n) is 6.69. The van der Waals surface area contributed by atoms with Gasteiger partial charge in [0, 0.05) is 24.7 Å². The Bertz CT molecular complexity index is 611. The first kappa shape index (κ1) is 18.4. The fourth-order valence-corrected chi connectivity index (χ4v) is 3.29. The van der Waals surface area contributed by atoms with Gasteiger partial charge in [0.1, 0.15) is 5.82 Å². The van der Waals surface area contributed by atoms with E-state index in [0.29, 0.717) is 24.2 Å². The number of nitrogens with zero attached hydrogens (tertiary/aromatic N) is 2. The Morgan fingerprint density at radius 1 is 1.54 bits per heavy atom. The monoisotopic (exact) mass is 331 g/mol. The van der Waals surface area contributed by atoms with E-state index in [9.17, 15) is 9.18 Å². The Morgan fingerprint density at radius 2 is 2.33 bits per heavy atom. The minimum Gasteiger partial charge on any atom is -0.353 e. The molecule has 0 spiro atoms. The normalized spacial score (nSPS) is 19.5. The number of nitriles is 1. The number of carbonyl (C=O) groups excluding carboxylic acids is 1. The average molecular weight is 331 g/mol. The van der Waals surface area contributed by atoms with Crippen molar-refractivity contribution in [3.63, 3.8) is 0 Å². The molecule has 0 aromatic heterocycles. The number of piperidine rings is 1. The summed E-state index contributed by atoms with van der Waals surface area (Å²) in [5.41, 5.74) is 0.987. The molecule has 1 fully saturated rings. The maximum absolute atomic E-state index is 14.0. The predicted molar refractivity (Wildman–Crippen MR) is 91.6 cm³/mol. The van der Waals surface area contributed by atoms with Gasteiger partial charge in [-0.05, 0) is 50.9 Å². The number of halogens is 1. The van der Waals surface area contributed by atoms with Gasteiger partial charge in [0.15, 0.2) is 0 Å². The molecular formula is C19H26FN3O. The molecule has 2 atom stereocenters. The lowest BCUT2D eigenvalue weighted by Crippen LogP contribution is -2.45. The molecule has 1 aliphatic rings. The molecule has 5 heteroatoms. The predicted octanol–water partition coefficient (Wildman–Crippen LogP) is 3.21. The van der Waals surface area contributed by atoms with Crippen LogP contribution in [-0.4, -0.2) is 29.9 Å². The SMILES string of the molecule is CCC[C@H](C)NC(=O)[C@@H]1CCCN(Cc2cc(C#N)ccc2F)C1. The van der Waals surface area contributed by atoms with Crippen molar-refractivity contribution < 1.29 is 9.18 Å². The van der Waals surface area contributed by atoms with Gasteiger partial charge < -0.3 is 5.32 Å². The fourth-order valence-electron chi connectivity index (χ4n) is 3.29. The van der Waals surface area contributed by atoms with Crippen LogP contribution in [0, 0.1) is 23.1 Å². The Kier molecular flexibility index (Phi) is 6.74. The van der Waals surface area contributed by atoms with E-state index in [0.717, 1.165) is 32.2 Å². The Hall–Kier alpha value is -1.93. The number of nitrogens with one attached hydrogen (secondary N) is 1. The first-order valence-electron chi connectivity index (χ1n) is 8.74. The summed E-state index contributed by atoms with van der Waals surface area (Å²) in [4.78, 5) is 14.5. The molecule has 1 saturated heterocycles. The summed E-state index contributed by atoms with van der Waals surface area (Å²) in [5.74, 6) is -0.232. The molecule has 130 valence electrons. The standard InChI is InChI=1S/C19H26FN3O/c1-3-5-14(2)22-19(24)16-6-4-9-23(12-16)13-17-10-15(11-21)7-8-18(17)20/h7-8,10,14,16H,3-6,9,12-13H2,1-2H3,(H,22,24)/t14-,16+/m0/s1. The van der Waals surface area contributed by atoms with Gasteiger partial charge in [0.2, 0.25) is 5.91 Å². The summed E-state index contributed by atoms with van der Waals surface area (Å²) >= 11 is 0. The number of benzene rings is 1.